The van der Waals surface area contributed by atoms with E-state index in [1.54, 1.807) is 23.9 Å². The number of carbonyl (C=O) groups excluding carboxylic acids is 1. The number of aromatic nitrogens is 2. The number of hydrogen-bond donors (Lipinski definition) is 1. The normalized spacial score (nSPS) is 16.9. The molecule has 3 aromatic rings. The summed E-state index contributed by atoms with van der Waals surface area (Å²) in [5, 5.41) is 7.88. The summed E-state index contributed by atoms with van der Waals surface area (Å²) in [5.41, 5.74) is 1.75. The molecule has 1 amide bonds. The van der Waals surface area contributed by atoms with E-state index in [-0.39, 0.29) is 11.8 Å². The first kappa shape index (κ1) is 21.9. The van der Waals surface area contributed by atoms with E-state index in [9.17, 15) is 4.79 Å². The SMILES string of the molecule is CCSc1ccccc1NC(=O)C1CCCN(Cc2nc(-c3ccc(Cl)cc3)no2)C1. The predicted octanol–water partition coefficient (Wildman–Crippen LogP) is 5.35. The maximum Gasteiger partial charge on any atom is 0.241 e. The van der Waals surface area contributed by atoms with Crippen molar-refractivity contribution in [3.8, 4) is 11.4 Å². The Hall–Kier alpha value is -2.35. The van der Waals surface area contributed by atoms with Crippen LogP contribution < -0.4 is 5.32 Å². The molecule has 0 spiro atoms. The molecule has 1 fully saturated rings. The first-order valence-electron chi connectivity index (χ1n) is 10.5. The molecule has 0 aliphatic carbocycles. The van der Waals surface area contributed by atoms with Gasteiger partial charge in [0.2, 0.25) is 17.6 Å². The largest absolute Gasteiger partial charge is 0.338 e. The van der Waals surface area contributed by atoms with Crippen molar-refractivity contribution in [2.75, 3.05) is 24.2 Å². The van der Waals surface area contributed by atoms with Crippen LogP contribution >= 0.6 is 23.4 Å². The Labute approximate surface area is 191 Å². The highest BCUT2D eigenvalue weighted by Gasteiger charge is 2.27. The molecule has 1 saturated heterocycles. The zero-order chi connectivity index (χ0) is 21.6. The van der Waals surface area contributed by atoms with Gasteiger partial charge in [0.1, 0.15) is 0 Å². The number of rotatable bonds is 7. The lowest BCUT2D eigenvalue weighted by Gasteiger charge is -2.31. The summed E-state index contributed by atoms with van der Waals surface area (Å²) < 4.78 is 5.45. The number of carbonyl (C=O) groups is 1. The van der Waals surface area contributed by atoms with Crippen LogP contribution in [0.3, 0.4) is 0 Å². The minimum absolute atomic E-state index is 0.0629. The third kappa shape index (κ3) is 5.67. The number of para-hydroxylation sites is 1. The molecule has 31 heavy (non-hydrogen) atoms. The number of halogens is 1. The minimum atomic E-state index is -0.0629. The van der Waals surface area contributed by atoms with E-state index >= 15 is 0 Å². The van der Waals surface area contributed by atoms with Crippen LogP contribution in [0, 0.1) is 5.92 Å². The number of piperidine rings is 1. The first-order valence-corrected chi connectivity index (χ1v) is 11.8. The number of hydrogen-bond acceptors (Lipinski definition) is 6. The minimum Gasteiger partial charge on any atom is -0.338 e. The molecule has 6 nitrogen and oxygen atoms in total. The monoisotopic (exact) mass is 456 g/mol. The van der Waals surface area contributed by atoms with Gasteiger partial charge < -0.3 is 9.84 Å². The van der Waals surface area contributed by atoms with Gasteiger partial charge in [-0.05, 0) is 61.5 Å². The number of thioether (sulfide) groups is 1. The zero-order valence-electron chi connectivity index (χ0n) is 17.4. The third-order valence-corrected chi connectivity index (χ3v) is 6.46. The van der Waals surface area contributed by atoms with Gasteiger partial charge in [0.15, 0.2) is 0 Å². The number of benzene rings is 2. The molecule has 162 valence electrons. The van der Waals surface area contributed by atoms with E-state index in [1.807, 2.05) is 36.4 Å². The van der Waals surface area contributed by atoms with E-state index in [0.29, 0.717) is 29.8 Å². The summed E-state index contributed by atoms with van der Waals surface area (Å²) in [6.07, 6.45) is 1.84. The van der Waals surface area contributed by atoms with Crippen molar-refractivity contribution < 1.29 is 9.32 Å². The number of nitrogens with one attached hydrogen (secondary N) is 1. The smallest absolute Gasteiger partial charge is 0.241 e. The van der Waals surface area contributed by atoms with E-state index in [4.69, 9.17) is 16.1 Å². The van der Waals surface area contributed by atoms with Gasteiger partial charge in [-0.2, -0.15) is 4.98 Å². The van der Waals surface area contributed by atoms with Crippen LogP contribution in [-0.2, 0) is 11.3 Å². The molecule has 1 aliphatic rings. The number of anilines is 1. The van der Waals surface area contributed by atoms with Gasteiger partial charge >= 0.3 is 0 Å². The number of nitrogens with zero attached hydrogens (tertiary/aromatic N) is 3. The van der Waals surface area contributed by atoms with Crippen molar-refractivity contribution in [1.82, 2.24) is 15.0 Å². The lowest BCUT2D eigenvalue weighted by molar-refractivity contribution is -0.121. The van der Waals surface area contributed by atoms with Crippen LogP contribution in [0.15, 0.2) is 57.9 Å². The highest BCUT2D eigenvalue weighted by Crippen LogP contribution is 2.28. The molecule has 0 bridgehead atoms. The van der Waals surface area contributed by atoms with Gasteiger partial charge in [-0.25, -0.2) is 0 Å². The van der Waals surface area contributed by atoms with Gasteiger partial charge in [0.25, 0.3) is 0 Å². The van der Waals surface area contributed by atoms with Gasteiger partial charge in [-0.1, -0.05) is 35.8 Å². The Morgan fingerprint density at radius 1 is 1.26 bits per heavy atom. The maximum atomic E-state index is 12.9. The van der Waals surface area contributed by atoms with Gasteiger partial charge in [0, 0.05) is 22.0 Å². The van der Waals surface area contributed by atoms with Crippen molar-refractivity contribution in [1.29, 1.82) is 0 Å². The Bertz CT molecular complexity index is 1020. The lowest BCUT2D eigenvalue weighted by Crippen LogP contribution is -2.40. The fourth-order valence-electron chi connectivity index (χ4n) is 3.73. The molecule has 4 rings (SSSR count). The molecule has 1 aromatic heterocycles. The van der Waals surface area contributed by atoms with Crippen LogP contribution in [-0.4, -0.2) is 39.8 Å². The molecule has 2 aromatic carbocycles. The second-order valence-electron chi connectivity index (χ2n) is 7.51. The fraction of sp³-hybridized carbons (Fsp3) is 0.348. The van der Waals surface area contributed by atoms with Crippen molar-refractivity contribution in [3.63, 3.8) is 0 Å². The summed E-state index contributed by atoms with van der Waals surface area (Å²) in [7, 11) is 0. The zero-order valence-corrected chi connectivity index (χ0v) is 19.0. The molecular formula is C23H25ClN4O2S. The predicted molar refractivity (Wildman–Crippen MR) is 124 cm³/mol. The summed E-state index contributed by atoms with van der Waals surface area (Å²) in [6.45, 7) is 4.23. The molecule has 0 saturated carbocycles. The first-order chi connectivity index (χ1) is 15.1. The van der Waals surface area contributed by atoms with Gasteiger partial charge in [0.05, 0.1) is 18.2 Å². The lowest BCUT2D eigenvalue weighted by atomic mass is 9.97. The molecule has 2 heterocycles. The van der Waals surface area contributed by atoms with Crippen molar-refractivity contribution >= 4 is 35.0 Å². The van der Waals surface area contributed by atoms with Crippen LogP contribution in [0.5, 0.6) is 0 Å². The Balaban J connectivity index is 1.37. The molecular weight excluding hydrogens is 432 g/mol. The molecule has 1 atom stereocenters. The Morgan fingerprint density at radius 3 is 2.87 bits per heavy atom. The standard InChI is InChI=1S/C23H25ClN4O2S/c1-2-31-20-8-4-3-7-19(20)25-23(29)17-6-5-13-28(14-17)15-21-26-22(27-30-21)16-9-11-18(24)12-10-16/h3-4,7-12,17H,2,5-6,13-15H2,1H3,(H,25,29). The summed E-state index contributed by atoms with van der Waals surface area (Å²) in [4.78, 5) is 20.7. The van der Waals surface area contributed by atoms with E-state index in [1.165, 1.54) is 0 Å². The summed E-state index contributed by atoms with van der Waals surface area (Å²) in [6, 6.07) is 15.3. The van der Waals surface area contributed by atoms with E-state index in [2.05, 4.69) is 27.3 Å². The van der Waals surface area contributed by atoms with Crippen LogP contribution in [0.1, 0.15) is 25.7 Å². The Kier molecular flexibility index (Phi) is 7.27. The second kappa shape index (κ2) is 10.3. The third-order valence-electron chi connectivity index (χ3n) is 5.25. The van der Waals surface area contributed by atoms with Crippen LogP contribution in [0.2, 0.25) is 5.02 Å². The number of likely N-dealkylation sites (tertiary alicyclic amines) is 1. The molecule has 0 radical (unpaired) electrons. The van der Waals surface area contributed by atoms with Gasteiger partial charge in [-0.15, -0.1) is 11.8 Å². The average Bonchev–Trinajstić information content (AvgIpc) is 3.24. The number of amides is 1. The van der Waals surface area contributed by atoms with Crippen molar-refractivity contribution in [2.24, 2.45) is 5.92 Å². The molecule has 1 unspecified atom stereocenters. The topological polar surface area (TPSA) is 71.3 Å². The van der Waals surface area contributed by atoms with Crippen LogP contribution in [0.4, 0.5) is 5.69 Å². The summed E-state index contributed by atoms with van der Waals surface area (Å²) >= 11 is 7.68. The van der Waals surface area contributed by atoms with Crippen molar-refractivity contribution in [2.45, 2.75) is 31.2 Å². The Morgan fingerprint density at radius 2 is 2.06 bits per heavy atom. The van der Waals surface area contributed by atoms with Gasteiger partial charge in [-0.3, -0.25) is 9.69 Å². The van der Waals surface area contributed by atoms with E-state index in [0.717, 1.165) is 41.3 Å². The van der Waals surface area contributed by atoms with E-state index < -0.39 is 0 Å². The summed E-state index contributed by atoms with van der Waals surface area (Å²) in [5.74, 6) is 2.07. The average molecular weight is 457 g/mol. The quantitative estimate of drug-likeness (QED) is 0.483. The maximum absolute atomic E-state index is 12.9. The molecule has 1 aliphatic heterocycles. The van der Waals surface area contributed by atoms with Crippen molar-refractivity contribution in [3.05, 3.63) is 59.4 Å². The fourth-order valence-corrected chi connectivity index (χ4v) is 4.61. The highest BCUT2D eigenvalue weighted by molar-refractivity contribution is 7.99. The molecule has 8 heteroatoms. The van der Waals surface area contributed by atoms with Crippen LogP contribution in [0.25, 0.3) is 11.4 Å². The second-order valence-corrected chi connectivity index (χ2v) is 9.25. The highest BCUT2D eigenvalue weighted by atomic mass is 35.5. The molecule has 1 N–H and O–H groups in total.